The second kappa shape index (κ2) is 5.64. The van der Waals surface area contributed by atoms with Crippen LogP contribution in [0.1, 0.15) is 61.2 Å². The Bertz CT molecular complexity index is 517. The maximum atomic E-state index is 12.1. The largest absolute Gasteiger partial charge is 0.480 e. The van der Waals surface area contributed by atoms with E-state index in [4.69, 9.17) is 9.52 Å². The first-order chi connectivity index (χ1) is 9.38. The van der Waals surface area contributed by atoms with Crippen molar-refractivity contribution in [3.8, 4) is 0 Å². The van der Waals surface area contributed by atoms with Gasteiger partial charge in [-0.15, -0.1) is 0 Å². The molecule has 2 rings (SSSR count). The van der Waals surface area contributed by atoms with Gasteiger partial charge in [-0.05, 0) is 32.1 Å². The summed E-state index contributed by atoms with van der Waals surface area (Å²) in [6.45, 7) is 5.52. The lowest BCUT2D eigenvalue weighted by molar-refractivity contribution is -0.139. The van der Waals surface area contributed by atoms with E-state index in [2.05, 4.69) is 10.3 Å². The number of carboxylic acids is 1. The highest BCUT2D eigenvalue weighted by molar-refractivity contribution is 5.95. The number of hydrogen-bond acceptors (Lipinski definition) is 4. The molecule has 1 amide bonds. The van der Waals surface area contributed by atoms with Crippen LogP contribution in [-0.2, 0) is 4.79 Å². The van der Waals surface area contributed by atoms with Crippen LogP contribution >= 0.6 is 0 Å². The van der Waals surface area contributed by atoms with Gasteiger partial charge < -0.3 is 14.8 Å². The van der Waals surface area contributed by atoms with Crippen molar-refractivity contribution in [3.63, 3.8) is 0 Å². The molecule has 1 aliphatic carbocycles. The van der Waals surface area contributed by atoms with Gasteiger partial charge in [-0.1, -0.05) is 13.8 Å². The first-order valence-electron chi connectivity index (χ1n) is 6.89. The smallest absolute Gasteiger partial charge is 0.326 e. The molecule has 1 fully saturated rings. The van der Waals surface area contributed by atoms with Gasteiger partial charge in [-0.3, -0.25) is 4.79 Å². The SMILES string of the molecule is Cc1nc(C2CC2)oc1C(=O)N[C@H](CC(C)C)C(=O)O. The van der Waals surface area contributed by atoms with Gasteiger partial charge in [0.25, 0.3) is 5.91 Å². The molecule has 0 bridgehead atoms. The Morgan fingerprint density at radius 2 is 2.10 bits per heavy atom. The second-order valence-electron chi connectivity index (χ2n) is 5.73. The lowest BCUT2D eigenvalue weighted by atomic mass is 10.0. The second-order valence-corrected chi connectivity index (χ2v) is 5.73. The molecule has 2 N–H and O–H groups in total. The van der Waals surface area contributed by atoms with Crippen LogP contribution in [0.2, 0.25) is 0 Å². The van der Waals surface area contributed by atoms with Gasteiger partial charge in [0.15, 0.2) is 5.89 Å². The maximum Gasteiger partial charge on any atom is 0.326 e. The highest BCUT2D eigenvalue weighted by Gasteiger charge is 2.31. The molecule has 6 heteroatoms. The summed E-state index contributed by atoms with van der Waals surface area (Å²) in [6.07, 6.45) is 2.45. The highest BCUT2D eigenvalue weighted by Crippen LogP contribution is 2.40. The lowest BCUT2D eigenvalue weighted by Gasteiger charge is -2.15. The fraction of sp³-hybridized carbons (Fsp3) is 0.643. The minimum atomic E-state index is -1.04. The molecule has 110 valence electrons. The van der Waals surface area contributed by atoms with Gasteiger partial charge >= 0.3 is 5.97 Å². The van der Waals surface area contributed by atoms with Crippen LogP contribution in [0.5, 0.6) is 0 Å². The zero-order chi connectivity index (χ0) is 14.9. The third-order valence-corrected chi connectivity index (χ3v) is 3.26. The zero-order valence-corrected chi connectivity index (χ0v) is 12.0. The van der Waals surface area contributed by atoms with Gasteiger partial charge in [0, 0.05) is 5.92 Å². The van der Waals surface area contributed by atoms with E-state index in [0.29, 0.717) is 23.9 Å². The normalized spacial score (nSPS) is 16.2. The average molecular weight is 280 g/mol. The molecule has 1 atom stereocenters. The van der Waals surface area contributed by atoms with E-state index < -0.39 is 17.9 Å². The molecule has 0 radical (unpaired) electrons. The molecular formula is C14H20N2O4. The first kappa shape index (κ1) is 14.6. The molecule has 1 saturated carbocycles. The minimum Gasteiger partial charge on any atom is -0.480 e. The Morgan fingerprint density at radius 3 is 2.60 bits per heavy atom. The van der Waals surface area contributed by atoms with E-state index in [-0.39, 0.29) is 11.7 Å². The Morgan fingerprint density at radius 1 is 1.45 bits per heavy atom. The molecule has 0 unspecified atom stereocenters. The molecule has 1 aromatic heterocycles. The number of carbonyl (C=O) groups is 2. The van der Waals surface area contributed by atoms with Crippen molar-refractivity contribution < 1.29 is 19.1 Å². The van der Waals surface area contributed by atoms with E-state index in [9.17, 15) is 9.59 Å². The Hall–Kier alpha value is -1.85. The van der Waals surface area contributed by atoms with E-state index in [0.717, 1.165) is 12.8 Å². The third-order valence-electron chi connectivity index (χ3n) is 3.26. The summed E-state index contributed by atoms with van der Waals surface area (Å²) in [4.78, 5) is 27.5. The number of amides is 1. The summed E-state index contributed by atoms with van der Waals surface area (Å²) >= 11 is 0. The number of hydrogen-bond donors (Lipinski definition) is 2. The van der Waals surface area contributed by atoms with Crippen molar-refractivity contribution in [1.29, 1.82) is 0 Å². The summed E-state index contributed by atoms with van der Waals surface area (Å²) in [7, 11) is 0. The van der Waals surface area contributed by atoms with Crippen molar-refractivity contribution in [1.82, 2.24) is 10.3 Å². The summed E-state index contributed by atoms with van der Waals surface area (Å²) in [5.74, 6) is -0.331. The molecule has 20 heavy (non-hydrogen) atoms. The number of carbonyl (C=O) groups excluding carboxylic acids is 1. The number of aryl methyl sites for hydroxylation is 1. The lowest BCUT2D eigenvalue weighted by Crippen LogP contribution is -2.41. The standard InChI is InChI=1S/C14H20N2O4/c1-7(2)6-10(14(18)19)16-12(17)11-8(3)15-13(20-11)9-4-5-9/h7,9-10H,4-6H2,1-3H3,(H,16,17)(H,18,19)/t10-/m1/s1. The first-order valence-corrected chi connectivity index (χ1v) is 6.89. The van der Waals surface area contributed by atoms with E-state index in [1.54, 1.807) is 6.92 Å². The average Bonchev–Trinajstić information content (AvgIpc) is 3.11. The van der Waals surface area contributed by atoms with E-state index in [1.807, 2.05) is 13.8 Å². The Kier molecular flexibility index (Phi) is 4.11. The molecular weight excluding hydrogens is 260 g/mol. The summed E-state index contributed by atoms with van der Waals surface area (Å²) in [5.41, 5.74) is 0.512. The number of carboxylic acid groups (broad SMARTS) is 1. The number of aromatic nitrogens is 1. The molecule has 0 spiro atoms. The molecule has 1 aromatic rings. The van der Waals surface area contributed by atoms with Crippen LogP contribution in [0.3, 0.4) is 0 Å². The van der Waals surface area contributed by atoms with Crippen molar-refractivity contribution in [2.24, 2.45) is 5.92 Å². The molecule has 0 aliphatic heterocycles. The molecule has 0 saturated heterocycles. The van der Waals surface area contributed by atoms with E-state index in [1.165, 1.54) is 0 Å². The summed E-state index contributed by atoms with van der Waals surface area (Å²) in [5, 5.41) is 11.6. The molecule has 0 aromatic carbocycles. The van der Waals surface area contributed by atoms with Gasteiger partial charge in [0.1, 0.15) is 6.04 Å². The van der Waals surface area contributed by atoms with Crippen molar-refractivity contribution >= 4 is 11.9 Å². The van der Waals surface area contributed by atoms with Gasteiger partial charge in [-0.2, -0.15) is 0 Å². The Labute approximate surface area is 117 Å². The van der Waals surface area contributed by atoms with Crippen LogP contribution in [0.4, 0.5) is 0 Å². The maximum absolute atomic E-state index is 12.1. The van der Waals surface area contributed by atoms with Crippen LogP contribution < -0.4 is 5.32 Å². The predicted octanol–water partition coefficient (Wildman–Crippen LogP) is 2.09. The number of aliphatic carboxylic acids is 1. The van der Waals surface area contributed by atoms with Crippen molar-refractivity contribution in [2.45, 2.75) is 52.0 Å². The number of nitrogens with zero attached hydrogens (tertiary/aromatic N) is 1. The predicted molar refractivity (Wildman–Crippen MR) is 71.6 cm³/mol. The Balaban J connectivity index is 2.07. The van der Waals surface area contributed by atoms with Crippen molar-refractivity contribution in [3.05, 3.63) is 17.3 Å². The highest BCUT2D eigenvalue weighted by atomic mass is 16.4. The molecule has 6 nitrogen and oxygen atoms in total. The topological polar surface area (TPSA) is 92.4 Å². The van der Waals surface area contributed by atoms with Crippen LogP contribution in [0, 0.1) is 12.8 Å². The number of oxazole rings is 1. The summed E-state index contributed by atoms with van der Waals surface area (Å²) in [6, 6.07) is -0.906. The number of nitrogens with one attached hydrogen (secondary N) is 1. The monoisotopic (exact) mass is 280 g/mol. The van der Waals surface area contributed by atoms with Crippen LogP contribution in [-0.4, -0.2) is 28.0 Å². The number of rotatable bonds is 6. The summed E-state index contributed by atoms with van der Waals surface area (Å²) < 4.78 is 5.47. The molecule has 1 heterocycles. The quantitative estimate of drug-likeness (QED) is 0.832. The van der Waals surface area contributed by atoms with Crippen LogP contribution in [0.25, 0.3) is 0 Å². The fourth-order valence-electron chi connectivity index (χ4n) is 2.05. The van der Waals surface area contributed by atoms with Gasteiger partial charge in [0.05, 0.1) is 5.69 Å². The van der Waals surface area contributed by atoms with Crippen molar-refractivity contribution in [2.75, 3.05) is 0 Å². The third kappa shape index (κ3) is 3.37. The van der Waals surface area contributed by atoms with Crippen LogP contribution in [0.15, 0.2) is 4.42 Å². The van der Waals surface area contributed by atoms with Gasteiger partial charge in [0.2, 0.25) is 5.76 Å². The molecule has 1 aliphatic rings. The van der Waals surface area contributed by atoms with Gasteiger partial charge in [-0.25, -0.2) is 9.78 Å². The zero-order valence-electron chi connectivity index (χ0n) is 12.0. The minimum absolute atomic E-state index is 0.127. The van der Waals surface area contributed by atoms with E-state index >= 15 is 0 Å². The fourth-order valence-corrected chi connectivity index (χ4v) is 2.05.